The lowest BCUT2D eigenvalue weighted by Gasteiger charge is -2.17. The summed E-state index contributed by atoms with van der Waals surface area (Å²) >= 11 is 0. The van der Waals surface area contributed by atoms with Crippen molar-refractivity contribution in [3.63, 3.8) is 0 Å². The number of rotatable bonds is 15. The maximum absolute atomic E-state index is 12.1. The van der Waals surface area contributed by atoms with Crippen LogP contribution in [0.15, 0.2) is 29.2 Å². The zero-order valence-electron chi connectivity index (χ0n) is 16.5. The first-order valence-electron chi connectivity index (χ1n) is 10.1. The van der Waals surface area contributed by atoms with E-state index in [0.29, 0.717) is 12.2 Å². The third-order valence-electron chi connectivity index (χ3n) is 4.78. The molecule has 0 bridgehead atoms. The highest BCUT2D eigenvalue weighted by atomic mass is 32.2. The fourth-order valence-corrected chi connectivity index (χ4v) is 4.07. The summed E-state index contributed by atoms with van der Waals surface area (Å²) in [7, 11) is -3.41. The van der Waals surface area contributed by atoms with Crippen LogP contribution < -0.4 is 10.5 Å². The largest absolute Gasteiger partial charge is 0.399 e. The molecule has 0 saturated carbocycles. The zero-order valence-corrected chi connectivity index (χ0v) is 17.4. The lowest BCUT2D eigenvalue weighted by molar-refractivity contribution is 0.295. The van der Waals surface area contributed by atoms with E-state index in [1.165, 1.54) is 57.2 Å². The normalized spacial score (nSPS) is 12.0. The molecule has 5 nitrogen and oxygen atoms in total. The van der Waals surface area contributed by atoms with Crippen LogP contribution in [0.5, 0.6) is 0 Å². The number of nitrogens with two attached hydrogens (primary N) is 1. The monoisotopic (exact) mass is 383 g/mol. The van der Waals surface area contributed by atoms with Crippen LogP contribution in [0.1, 0.15) is 65.2 Å². The Kier molecular flexibility index (Phi) is 11.6. The van der Waals surface area contributed by atoms with E-state index in [1.54, 1.807) is 12.1 Å². The van der Waals surface area contributed by atoms with Crippen LogP contribution in [0.2, 0.25) is 0 Å². The zero-order chi connectivity index (χ0) is 19.3. The summed E-state index contributed by atoms with van der Waals surface area (Å²) in [6.07, 6.45) is 9.60. The number of hydrogen-bond donors (Lipinski definition) is 2. The standard InChI is InChI=1S/C20H37N3O2S/c1-3-23(4-2)18-12-10-8-6-5-7-9-11-17-22-26(24,25)20-15-13-19(21)14-16-20/h13-16,22H,3-12,17-18,21H2,1-2H3. The van der Waals surface area contributed by atoms with Crippen molar-refractivity contribution < 1.29 is 8.42 Å². The maximum atomic E-state index is 12.1. The molecule has 3 N–H and O–H groups in total. The van der Waals surface area contributed by atoms with Crippen molar-refractivity contribution in [2.24, 2.45) is 0 Å². The number of hydrogen-bond acceptors (Lipinski definition) is 4. The van der Waals surface area contributed by atoms with Crippen LogP contribution in [0, 0.1) is 0 Å². The summed E-state index contributed by atoms with van der Waals surface area (Å²) in [5, 5.41) is 0. The third-order valence-corrected chi connectivity index (χ3v) is 6.25. The van der Waals surface area contributed by atoms with Gasteiger partial charge in [0.15, 0.2) is 0 Å². The second kappa shape index (κ2) is 13.1. The number of nitrogens with one attached hydrogen (secondary N) is 1. The van der Waals surface area contributed by atoms with E-state index in [1.807, 2.05) is 0 Å². The molecule has 150 valence electrons. The van der Waals surface area contributed by atoms with Crippen LogP contribution in [0.4, 0.5) is 5.69 Å². The van der Waals surface area contributed by atoms with Crippen molar-refractivity contribution in [2.75, 3.05) is 31.9 Å². The van der Waals surface area contributed by atoms with Crippen molar-refractivity contribution in [2.45, 2.75) is 70.1 Å². The Morgan fingerprint density at radius 2 is 1.35 bits per heavy atom. The van der Waals surface area contributed by atoms with Crippen LogP contribution in [-0.2, 0) is 10.0 Å². The molecule has 0 heterocycles. The van der Waals surface area contributed by atoms with E-state index in [-0.39, 0.29) is 4.90 Å². The third kappa shape index (κ3) is 9.55. The summed E-state index contributed by atoms with van der Waals surface area (Å²) in [6.45, 7) is 8.47. The van der Waals surface area contributed by atoms with Crippen molar-refractivity contribution >= 4 is 15.7 Å². The first-order chi connectivity index (χ1) is 12.5. The molecule has 0 radical (unpaired) electrons. The van der Waals surface area contributed by atoms with Gasteiger partial charge in [-0.1, -0.05) is 52.4 Å². The Morgan fingerprint density at radius 1 is 0.846 bits per heavy atom. The smallest absolute Gasteiger partial charge is 0.240 e. The molecule has 0 atom stereocenters. The number of unbranched alkanes of at least 4 members (excludes halogenated alkanes) is 7. The highest BCUT2D eigenvalue weighted by Gasteiger charge is 2.12. The minimum atomic E-state index is -3.41. The second-order valence-electron chi connectivity index (χ2n) is 6.82. The Balaban J connectivity index is 2.00. The van der Waals surface area contributed by atoms with Crippen molar-refractivity contribution in [3.05, 3.63) is 24.3 Å². The predicted octanol–water partition coefficient (Wildman–Crippen LogP) is 4.01. The SMILES string of the molecule is CCN(CC)CCCCCCCCCCNS(=O)(=O)c1ccc(N)cc1. The average Bonchev–Trinajstić information content (AvgIpc) is 2.63. The van der Waals surface area contributed by atoms with Gasteiger partial charge in [0.25, 0.3) is 0 Å². The highest BCUT2D eigenvalue weighted by molar-refractivity contribution is 7.89. The molecule has 1 aromatic rings. The van der Waals surface area contributed by atoms with E-state index < -0.39 is 10.0 Å². The summed E-state index contributed by atoms with van der Waals surface area (Å²) in [4.78, 5) is 2.75. The molecule has 26 heavy (non-hydrogen) atoms. The second-order valence-corrected chi connectivity index (χ2v) is 8.59. The van der Waals surface area contributed by atoms with Gasteiger partial charge in [-0.2, -0.15) is 0 Å². The Bertz CT molecular complexity index is 569. The van der Waals surface area contributed by atoms with Gasteiger partial charge in [0.05, 0.1) is 4.90 Å². The number of nitrogens with zero attached hydrogens (tertiary/aromatic N) is 1. The van der Waals surface area contributed by atoms with E-state index >= 15 is 0 Å². The number of anilines is 1. The summed E-state index contributed by atoms with van der Waals surface area (Å²) in [5.74, 6) is 0. The molecule has 6 heteroatoms. The Morgan fingerprint density at radius 3 is 1.88 bits per heavy atom. The van der Waals surface area contributed by atoms with Gasteiger partial charge in [-0.15, -0.1) is 0 Å². The highest BCUT2D eigenvalue weighted by Crippen LogP contribution is 2.12. The predicted molar refractivity (Wildman–Crippen MR) is 111 cm³/mol. The number of nitrogen functional groups attached to an aromatic ring is 1. The van der Waals surface area contributed by atoms with Gasteiger partial charge in [-0.3, -0.25) is 0 Å². The quantitative estimate of drug-likeness (QED) is 0.354. The van der Waals surface area contributed by atoms with Crippen molar-refractivity contribution in [3.8, 4) is 0 Å². The van der Waals surface area contributed by atoms with Crippen LogP contribution in [0.3, 0.4) is 0 Å². The summed E-state index contributed by atoms with van der Waals surface area (Å²) in [5.41, 5.74) is 6.15. The molecule has 0 saturated heterocycles. The fraction of sp³-hybridized carbons (Fsp3) is 0.700. The molecular formula is C20H37N3O2S. The lowest BCUT2D eigenvalue weighted by atomic mass is 10.1. The molecule has 1 rings (SSSR count). The van der Waals surface area contributed by atoms with E-state index in [4.69, 9.17) is 5.73 Å². The molecule has 0 aliphatic rings. The molecular weight excluding hydrogens is 346 g/mol. The molecule has 1 aromatic carbocycles. The van der Waals surface area contributed by atoms with Gasteiger partial charge in [0, 0.05) is 12.2 Å². The van der Waals surface area contributed by atoms with Crippen molar-refractivity contribution in [1.82, 2.24) is 9.62 Å². The minimum absolute atomic E-state index is 0.274. The van der Waals surface area contributed by atoms with E-state index in [9.17, 15) is 8.42 Å². The van der Waals surface area contributed by atoms with E-state index in [2.05, 4.69) is 23.5 Å². The number of sulfonamides is 1. The molecule has 0 amide bonds. The fourth-order valence-electron chi connectivity index (χ4n) is 3.00. The lowest BCUT2D eigenvalue weighted by Crippen LogP contribution is -2.24. The van der Waals surface area contributed by atoms with Crippen LogP contribution >= 0.6 is 0 Å². The van der Waals surface area contributed by atoms with Crippen LogP contribution in [-0.4, -0.2) is 39.5 Å². The first-order valence-corrected chi connectivity index (χ1v) is 11.6. The van der Waals surface area contributed by atoms with Crippen LogP contribution in [0.25, 0.3) is 0 Å². The van der Waals surface area contributed by atoms with Crippen molar-refractivity contribution in [1.29, 1.82) is 0 Å². The molecule has 0 aromatic heterocycles. The molecule has 0 fully saturated rings. The Labute approximate surface area is 160 Å². The van der Waals surface area contributed by atoms with E-state index in [0.717, 1.165) is 25.9 Å². The van der Waals surface area contributed by atoms with Gasteiger partial charge in [0.2, 0.25) is 10.0 Å². The maximum Gasteiger partial charge on any atom is 0.240 e. The first kappa shape index (κ1) is 22.9. The molecule has 0 aliphatic carbocycles. The molecule has 0 spiro atoms. The topological polar surface area (TPSA) is 75.4 Å². The summed E-state index contributed by atoms with van der Waals surface area (Å²) < 4.78 is 26.9. The molecule has 0 aliphatic heterocycles. The number of benzene rings is 1. The van der Waals surface area contributed by atoms with Gasteiger partial charge < -0.3 is 10.6 Å². The van der Waals surface area contributed by atoms with Gasteiger partial charge in [-0.05, 0) is 56.7 Å². The summed E-state index contributed by atoms with van der Waals surface area (Å²) in [6, 6.07) is 6.29. The van der Waals surface area contributed by atoms with Gasteiger partial charge >= 0.3 is 0 Å². The molecule has 0 unspecified atom stereocenters. The average molecular weight is 384 g/mol. The van der Waals surface area contributed by atoms with Gasteiger partial charge in [-0.25, -0.2) is 13.1 Å². The van der Waals surface area contributed by atoms with Gasteiger partial charge in [0.1, 0.15) is 0 Å². The minimum Gasteiger partial charge on any atom is -0.399 e. The Hall–Kier alpha value is -1.11.